The summed E-state index contributed by atoms with van der Waals surface area (Å²) in [5, 5.41) is 13.5. The minimum atomic E-state index is -4.76. The third-order valence-electron chi connectivity index (χ3n) is 19.3. The summed E-state index contributed by atoms with van der Waals surface area (Å²) < 4.78 is 41.2. The molecular weight excluding hydrogens is 1230 g/mol. The van der Waals surface area contributed by atoms with E-state index in [0.29, 0.717) is 37.7 Å². The van der Waals surface area contributed by atoms with Crippen molar-refractivity contribution in [1.82, 2.24) is 56.0 Å². The first-order chi connectivity index (χ1) is 43.6. The number of likely N-dealkylation sites (N-methyl/N-ethyl adjacent to an activating group) is 5. The number of nitrogens with one attached hydrogen (secondary N) is 5. The number of halogens is 4. The van der Waals surface area contributed by atoms with Crippen LogP contribution in [0.3, 0.4) is 0 Å². The molecule has 22 nitrogen and oxygen atoms in total. The zero-order valence-electron chi connectivity index (χ0n) is 56.2. The average Bonchev–Trinajstić information content (AvgIpc) is 1.74. The molecule has 4 aliphatic rings. The van der Waals surface area contributed by atoms with Crippen LogP contribution in [-0.2, 0) is 71.8 Å². The lowest BCUT2D eigenvalue weighted by Crippen LogP contribution is -2.65. The summed E-state index contributed by atoms with van der Waals surface area (Å²) in [5.74, 6) is -7.98. The normalized spacial score (nSPS) is 27.0. The molecule has 93 heavy (non-hydrogen) atoms. The second-order valence-electron chi connectivity index (χ2n) is 26.8. The largest absolute Gasteiger partial charge is 0.417 e. The third-order valence-corrected chi connectivity index (χ3v) is 19.6. The summed E-state index contributed by atoms with van der Waals surface area (Å²) in [6.07, 6.45) is -0.247. The summed E-state index contributed by atoms with van der Waals surface area (Å²) in [5.41, 5.74) is -0.745. The molecule has 2 aliphatic heterocycles. The lowest BCUT2D eigenvalue weighted by molar-refractivity contribution is -0.160. The fourth-order valence-corrected chi connectivity index (χ4v) is 13.4. The molecule has 2 heterocycles. The van der Waals surface area contributed by atoms with Crippen molar-refractivity contribution < 1.29 is 65.9 Å². The maximum absolute atomic E-state index is 15.1. The summed E-state index contributed by atoms with van der Waals surface area (Å²) in [6.45, 7) is 13.3. The van der Waals surface area contributed by atoms with Crippen LogP contribution in [0.1, 0.15) is 154 Å². The Hall–Kier alpha value is -7.31. The number of carbonyl (C=O) groups excluding carboxylic acids is 11. The van der Waals surface area contributed by atoms with Crippen LogP contribution in [0.25, 0.3) is 0 Å². The first-order valence-electron chi connectivity index (χ1n) is 32.7. The maximum Gasteiger partial charge on any atom is 0.417 e. The van der Waals surface area contributed by atoms with Gasteiger partial charge in [0.2, 0.25) is 65.0 Å². The van der Waals surface area contributed by atoms with E-state index in [1.165, 1.54) is 79.7 Å². The molecule has 2 saturated carbocycles. The number of nitrogens with zero attached hydrogens (tertiary/aromatic N) is 6. The van der Waals surface area contributed by atoms with E-state index >= 15 is 4.79 Å². The minimum Gasteiger partial charge on any atom is -0.351 e. The summed E-state index contributed by atoms with van der Waals surface area (Å²) in [6, 6.07) is -0.0492. The van der Waals surface area contributed by atoms with Crippen LogP contribution in [0.5, 0.6) is 0 Å². The molecule has 10 atom stereocenters. The van der Waals surface area contributed by atoms with Gasteiger partial charge >= 0.3 is 6.18 Å². The van der Waals surface area contributed by atoms with Crippen LogP contribution in [0.4, 0.5) is 13.2 Å². The van der Waals surface area contributed by atoms with Gasteiger partial charge in [-0.05, 0) is 120 Å². The van der Waals surface area contributed by atoms with Gasteiger partial charge in [-0.25, -0.2) is 0 Å². The second-order valence-corrected chi connectivity index (χ2v) is 27.2. The molecular formula is C67H97ClF3N11O11. The molecule has 2 aromatic rings. The molecule has 0 aromatic heterocycles. The molecule has 2 saturated heterocycles. The van der Waals surface area contributed by atoms with E-state index in [-0.39, 0.29) is 75.3 Å². The quantitative estimate of drug-likeness (QED) is 0.203. The van der Waals surface area contributed by atoms with Gasteiger partial charge in [-0.3, -0.25) is 52.7 Å². The minimum absolute atomic E-state index is 0.0360. The maximum atomic E-state index is 15.1. The number of benzene rings is 2. The Bertz CT molecular complexity index is 3070. The van der Waals surface area contributed by atoms with Gasteiger partial charge in [0, 0.05) is 60.7 Å². The zero-order chi connectivity index (χ0) is 69.1. The molecule has 5 N–H and O–H groups in total. The standard InChI is InChI=1S/C67H97ClF3N11O11/c1-14-40(5)55-64(92)78(10)43(8)61(89)82-32-29-50(82)63(91)80(12)52(36-45-23-21-39(4)22-24-45)62(90)77(9)37-53(83)74-49(28-26-44-25-27-47(48(68)35-44)67(69,70)71)58(86)73-42(7)57(85)76-66(30-17-18-31-66)65(93)81(13)56(46-19-15-16-20-46)60(88)72-41(6)34-54(84)79(11)51(33-38(2)3)59(87)75-55/h21-25,27,35,38,40-43,46,49-52,55-56H,14-20,26,28-34,36-37H2,1-13H3,(H,72,88)(H,73,86)(H,74,83)(H,75,87)(H,76,85)/t40-,41+,42+,43-,49-,50-,51-,52-,55-,56-/m0/s1. The molecule has 514 valence electrons. The average molecular weight is 1330 g/mol. The number of carbonyl (C=O) groups is 11. The topological polar surface area (TPSA) is 267 Å². The fourth-order valence-electron chi connectivity index (χ4n) is 13.1. The predicted molar refractivity (Wildman–Crippen MR) is 343 cm³/mol. The van der Waals surface area contributed by atoms with Gasteiger partial charge < -0.3 is 56.0 Å². The number of aryl methyl sites for hydroxylation is 2. The Morgan fingerprint density at radius 1 is 0.667 bits per heavy atom. The molecule has 6 rings (SSSR count). The van der Waals surface area contributed by atoms with Gasteiger partial charge in [-0.15, -0.1) is 0 Å². The highest BCUT2D eigenvalue weighted by Gasteiger charge is 2.50. The third kappa shape index (κ3) is 18.5. The van der Waals surface area contributed by atoms with Crippen LogP contribution in [0, 0.1) is 24.7 Å². The lowest BCUT2D eigenvalue weighted by Gasteiger charge is -2.45. The Balaban J connectivity index is 1.37. The Kier molecular flexibility index (Phi) is 25.9. The molecule has 1 spiro atoms. The van der Waals surface area contributed by atoms with E-state index in [9.17, 15) is 61.1 Å². The molecule has 11 amide bonds. The van der Waals surface area contributed by atoms with Gasteiger partial charge in [0.15, 0.2) is 0 Å². The zero-order valence-corrected chi connectivity index (χ0v) is 56.9. The first-order valence-corrected chi connectivity index (χ1v) is 33.0. The lowest BCUT2D eigenvalue weighted by atomic mass is 9.90. The highest BCUT2D eigenvalue weighted by molar-refractivity contribution is 6.31. The van der Waals surface area contributed by atoms with Gasteiger partial charge in [0.25, 0.3) is 0 Å². The molecule has 26 heteroatoms. The monoisotopic (exact) mass is 1320 g/mol. The molecule has 0 unspecified atom stereocenters. The van der Waals surface area contributed by atoms with Crippen molar-refractivity contribution in [2.75, 3.05) is 48.3 Å². The van der Waals surface area contributed by atoms with E-state index in [4.69, 9.17) is 11.6 Å². The van der Waals surface area contributed by atoms with Crippen molar-refractivity contribution in [2.24, 2.45) is 17.8 Å². The molecule has 4 fully saturated rings. The molecule has 0 radical (unpaired) electrons. The Morgan fingerprint density at radius 3 is 1.86 bits per heavy atom. The van der Waals surface area contributed by atoms with Gasteiger partial charge in [0.1, 0.15) is 53.9 Å². The van der Waals surface area contributed by atoms with E-state index < -0.39 is 154 Å². The van der Waals surface area contributed by atoms with E-state index in [1.807, 2.05) is 39.8 Å². The van der Waals surface area contributed by atoms with Crippen molar-refractivity contribution in [3.05, 3.63) is 69.7 Å². The van der Waals surface area contributed by atoms with Gasteiger partial charge in [-0.2, -0.15) is 13.2 Å². The number of rotatable bonds is 10. The van der Waals surface area contributed by atoms with Crippen molar-refractivity contribution in [1.29, 1.82) is 0 Å². The van der Waals surface area contributed by atoms with Crippen molar-refractivity contribution in [3.8, 4) is 0 Å². The number of amides is 11. The SMILES string of the molecule is CC[C@H](C)[C@@H]1NC(=O)[C@H](CC(C)C)N(C)C(=O)C[C@@H](C)NC(=O)[C@H](C2CCCC2)N(C)C(=O)C2(CCCC2)NC(=O)[C@@H](C)NC(=O)[C@H](CCc2ccc(C(F)(F)F)c(Cl)c2)NC(=O)CN(C)C(=O)[C@H](Cc2ccc(C)cc2)N(C)C(=O)[C@@H]2CCN2C(=O)[C@H](C)N(C)C1=O. The summed E-state index contributed by atoms with van der Waals surface area (Å²) >= 11 is 6.08. The van der Waals surface area contributed by atoms with Crippen LogP contribution in [-0.4, -0.2) is 203 Å². The van der Waals surface area contributed by atoms with Crippen molar-refractivity contribution in [2.45, 2.75) is 218 Å². The predicted octanol–water partition coefficient (Wildman–Crippen LogP) is 5.32. The van der Waals surface area contributed by atoms with E-state index in [2.05, 4.69) is 26.6 Å². The van der Waals surface area contributed by atoms with Crippen LogP contribution in [0.15, 0.2) is 42.5 Å². The summed E-state index contributed by atoms with van der Waals surface area (Å²) in [4.78, 5) is 168. The molecule has 2 aliphatic carbocycles. The first kappa shape index (κ1) is 74.7. The smallest absolute Gasteiger partial charge is 0.351 e. The number of fused-ring (bicyclic) bond motifs is 1. The number of hydrogen-bond acceptors (Lipinski definition) is 11. The van der Waals surface area contributed by atoms with E-state index in [1.54, 1.807) is 26.0 Å². The van der Waals surface area contributed by atoms with E-state index in [0.717, 1.165) is 35.4 Å². The molecule has 2 aromatic carbocycles. The highest BCUT2D eigenvalue weighted by Crippen LogP contribution is 2.37. The number of hydrogen-bond donors (Lipinski definition) is 5. The highest BCUT2D eigenvalue weighted by atomic mass is 35.5. The van der Waals surface area contributed by atoms with Crippen LogP contribution >= 0.6 is 11.6 Å². The Labute approximate surface area is 549 Å². The van der Waals surface area contributed by atoms with Crippen LogP contribution in [0.2, 0.25) is 5.02 Å². The van der Waals surface area contributed by atoms with Gasteiger partial charge in [0.05, 0.1) is 17.1 Å². The summed E-state index contributed by atoms with van der Waals surface area (Å²) in [7, 11) is 7.17. The second kappa shape index (κ2) is 32.2. The molecule has 0 bridgehead atoms. The number of alkyl halides is 3. The van der Waals surface area contributed by atoms with Crippen molar-refractivity contribution in [3.63, 3.8) is 0 Å². The van der Waals surface area contributed by atoms with Gasteiger partial charge in [-0.1, -0.05) is 107 Å². The van der Waals surface area contributed by atoms with Crippen LogP contribution < -0.4 is 26.6 Å². The fraction of sp³-hybridized carbons (Fsp3) is 0.657. The van der Waals surface area contributed by atoms with Crippen molar-refractivity contribution >= 4 is 76.6 Å². The Morgan fingerprint density at radius 2 is 1.29 bits per heavy atom.